The van der Waals surface area contributed by atoms with Crippen LogP contribution in [0.1, 0.15) is 24.5 Å². The second-order valence-electron chi connectivity index (χ2n) is 4.28. The summed E-state index contributed by atoms with van der Waals surface area (Å²) >= 11 is 0. The molecule has 0 aliphatic rings. The molecule has 0 bridgehead atoms. The highest BCUT2D eigenvalue weighted by Crippen LogP contribution is 2.14. The summed E-state index contributed by atoms with van der Waals surface area (Å²) in [6.07, 6.45) is 0.335. The van der Waals surface area contributed by atoms with E-state index in [-0.39, 0.29) is 22.9 Å². The summed E-state index contributed by atoms with van der Waals surface area (Å²) in [5.41, 5.74) is 5.76. The molecule has 2 N–H and O–H groups in total. The van der Waals surface area contributed by atoms with E-state index in [4.69, 9.17) is 11.0 Å². The molecule has 0 amide bonds. The molecule has 4 nitrogen and oxygen atoms in total. The SMILES string of the molecule is CC(N)CCS(=O)(=O)Cc1cc(C#N)ccc1F. The van der Waals surface area contributed by atoms with E-state index in [1.165, 1.54) is 12.1 Å². The van der Waals surface area contributed by atoms with Gasteiger partial charge in [0.25, 0.3) is 0 Å². The largest absolute Gasteiger partial charge is 0.328 e. The van der Waals surface area contributed by atoms with Gasteiger partial charge in [0.1, 0.15) is 5.82 Å². The molecule has 1 aromatic carbocycles. The molecule has 98 valence electrons. The fourth-order valence-electron chi connectivity index (χ4n) is 1.43. The molecule has 18 heavy (non-hydrogen) atoms. The zero-order valence-corrected chi connectivity index (χ0v) is 10.9. The fraction of sp³-hybridized carbons (Fsp3) is 0.417. The molecule has 6 heteroatoms. The molecule has 0 spiro atoms. The first-order chi connectivity index (χ1) is 8.34. The van der Waals surface area contributed by atoms with Crippen molar-refractivity contribution in [2.24, 2.45) is 5.73 Å². The van der Waals surface area contributed by atoms with Crippen molar-refractivity contribution in [2.75, 3.05) is 5.75 Å². The Bertz CT molecular complexity index is 562. The van der Waals surface area contributed by atoms with Gasteiger partial charge in [-0.05, 0) is 31.5 Å². The van der Waals surface area contributed by atoms with E-state index in [9.17, 15) is 12.8 Å². The Kier molecular flexibility index (Phi) is 4.82. The van der Waals surface area contributed by atoms with E-state index in [1.54, 1.807) is 6.92 Å². The second-order valence-corrected chi connectivity index (χ2v) is 6.46. The molecular weight excluding hydrogens is 255 g/mol. The predicted molar refractivity (Wildman–Crippen MR) is 66.9 cm³/mol. The summed E-state index contributed by atoms with van der Waals surface area (Å²) in [4.78, 5) is 0. The Balaban J connectivity index is 2.87. The van der Waals surface area contributed by atoms with Crippen molar-refractivity contribution >= 4 is 9.84 Å². The molecule has 1 atom stereocenters. The number of rotatable bonds is 5. The van der Waals surface area contributed by atoms with Crippen molar-refractivity contribution in [3.05, 3.63) is 35.1 Å². The maximum absolute atomic E-state index is 13.4. The highest BCUT2D eigenvalue weighted by atomic mass is 32.2. The summed E-state index contributed by atoms with van der Waals surface area (Å²) in [5.74, 6) is -1.10. The Morgan fingerprint density at radius 1 is 1.50 bits per heavy atom. The molecule has 1 rings (SSSR count). The third-order valence-electron chi connectivity index (χ3n) is 2.43. The quantitative estimate of drug-likeness (QED) is 0.875. The standard InChI is InChI=1S/C12H15FN2O2S/c1-9(15)4-5-18(16,17)8-11-6-10(7-14)2-3-12(11)13/h2-3,6,9H,4-5,8,15H2,1H3. The maximum atomic E-state index is 13.4. The number of nitrogens with two attached hydrogens (primary N) is 1. The van der Waals surface area contributed by atoms with Gasteiger partial charge in [-0.25, -0.2) is 12.8 Å². The molecular formula is C12H15FN2O2S. The van der Waals surface area contributed by atoms with E-state index in [1.807, 2.05) is 6.07 Å². The van der Waals surface area contributed by atoms with Gasteiger partial charge in [0.05, 0.1) is 23.1 Å². The van der Waals surface area contributed by atoms with Gasteiger partial charge in [0.2, 0.25) is 0 Å². The Morgan fingerprint density at radius 3 is 2.72 bits per heavy atom. The Labute approximate surface area is 106 Å². The van der Waals surface area contributed by atoms with Crippen LogP contribution in [0.25, 0.3) is 0 Å². The summed E-state index contributed by atoms with van der Waals surface area (Å²) in [5, 5.41) is 8.69. The number of hydrogen-bond donors (Lipinski definition) is 1. The van der Waals surface area contributed by atoms with Crippen molar-refractivity contribution in [1.82, 2.24) is 0 Å². The highest BCUT2D eigenvalue weighted by Gasteiger charge is 2.16. The zero-order valence-electron chi connectivity index (χ0n) is 10.1. The first-order valence-corrected chi connectivity index (χ1v) is 7.31. The van der Waals surface area contributed by atoms with Crippen LogP contribution in [0.15, 0.2) is 18.2 Å². The molecule has 0 heterocycles. The molecule has 0 aliphatic carbocycles. The minimum absolute atomic E-state index is 0.0266. The molecule has 1 aromatic rings. The van der Waals surface area contributed by atoms with Crippen molar-refractivity contribution in [2.45, 2.75) is 25.1 Å². The number of sulfone groups is 1. The van der Waals surface area contributed by atoms with Crippen LogP contribution in [0.4, 0.5) is 4.39 Å². The summed E-state index contributed by atoms with van der Waals surface area (Å²) in [6.45, 7) is 1.71. The lowest BCUT2D eigenvalue weighted by molar-refractivity contribution is 0.580. The summed E-state index contributed by atoms with van der Waals surface area (Å²) in [7, 11) is -3.41. The smallest absolute Gasteiger partial charge is 0.154 e. The van der Waals surface area contributed by atoms with E-state index in [0.29, 0.717) is 6.42 Å². The third-order valence-corrected chi connectivity index (χ3v) is 4.04. The normalized spacial score (nSPS) is 13.0. The van der Waals surface area contributed by atoms with Gasteiger partial charge >= 0.3 is 0 Å². The predicted octanol–water partition coefficient (Wildman–Crippen LogP) is 1.35. The maximum Gasteiger partial charge on any atom is 0.154 e. The van der Waals surface area contributed by atoms with Gasteiger partial charge < -0.3 is 5.73 Å². The lowest BCUT2D eigenvalue weighted by Crippen LogP contribution is -2.21. The molecule has 0 radical (unpaired) electrons. The van der Waals surface area contributed by atoms with Gasteiger partial charge in [0, 0.05) is 11.6 Å². The van der Waals surface area contributed by atoms with Crippen LogP contribution in [0.5, 0.6) is 0 Å². The molecule has 0 aliphatic heterocycles. The number of benzene rings is 1. The number of nitriles is 1. The van der Waals surface area contributed by atoms with Crippen molar-refractivity contribution < 1.29 is 12.8 Å². The van der Waals surface area contributed by atoms with Crippen LogP contribution in [-0.4, -0.2) is 20.2 Å². The van der Waals surface area contributed by atoms with Crippen LogP contribution in [0.3, 0.4) is 0 Å². The molecule has 0 fully saturated rings. The Hall–Kier alpha value is -1.45. The third kappa shape index (κ3) is 4.43. The van der Waals surface area contributed by atoms with Gasteiger partial charge in [-0.1, -0.05) is 0 Å². The number of nitrogens with zero attached hydrogens (tertiary/aromatic N) is 1. The molecule has 0 aromatic heterocycles. The van der Waals surface area contributed by atoms with Crippen LogP contribution in [0, 0.1) is 17.1 Å². The number of halogens is 1. The first-order valence-electron chi connectivity index (χ1n) is 5.48. The fourth-order valence-corrected chi connectivity index (χ4v) is 3.00. The van der Waals surface area contributed by atoms with E-state index >= 15 is 0 Å². The lowest BCUT2D eigenvalue weighted by atomic mass is 10.1. The van der Waals surface area contributed by atoms with Crippen LogP contribution in [0.2, 0.25) is 0 Å². The van der Waals surface area contributed by atoms with Gasteiger partial charge in [-0.15, -0.1) is 0 Å². The number of hydrogen-bond acceptors (Lipinski definition) is 4. The van der Waals surface area contributed by atoms with Crippen LogP contribution < -0.4 is 5.73 Å². The van der Waals surface area contributed by atoms with Crippen LogP contribution >= 0.6 is 0 Å². The molecule has 1 unspecified atom stereocenters. The average molecular weight is 270 g/mol. The molecule has 0 saturated carbocycles. The van der Waals surface area contributed by atoms with E-state index in [0.717, 1.165) is 6.07 Å². The van der Waals surface area contributed by atoms with E-state index < -0.39 is 21.4 Å². The molecule has 0 saturated heterocycles. The van der Waals surface area contributed by atoms with Crippen molar-refractivity contribution in [3.8, 4) is 6.07 Å². The van der Waals surface area contributed by atoms with Gasteiger partial charge in [-0.3, -0.25) is 0 Å². The van der Waals surface area contributed by atoms with Gasteiger partial charge in [0.15, 0.2) is 9.84 Å². The lowest BCUT2D eigenvalue weighted by Gasteiger charge is -2.07. The topological polar surface area (TPSA) is 84.0 Å². The van der Waals surface area contributed by atoms with Crippen molar-refractivity contribution in [3.63, 3.8) is 0 Å². The second kappa shape index (κ2) is 5.94. The Morgan fingerprint density at radius 2 is 2.17 bits per heavy atom. The summed E-state index contributed by atoms with van der Waals surface area (Å²) < 4.78 is 36.9. The van der Waals surface area contributed by atoms with Gasteiger partial charge in [-0.2, -0.15) is 5.26 Å². The highest BCUT2D eigenvalue weighted by molar-refractivity contribution is 7.90. The average Bonchev–Trinajstić information content (AvgIpc) is 2.29. The monoisotopic (exact) mass is 270 g/mol. The van der Waals surface area contributed by atoms with E-state index in [2.05, 4.69) is 0 Å². The first kappa shape index (κ1) is 14.6. The minimum atomic E-state index is -3.41. The van der Waals surface area contributed by atoms with Crippen molar-refractivity contribution in [1.29, 1.82) is 5.26 Å². The minimum Gasteiger partial charge on any atom is -0.328 e. The van der Waals surface area contributed by atoms with Crippen LogP contribution in [-0.2, 0) is 15.6 Å². The summed E-state index contributed by atoms with van der Waals surface area (Å²) in [6, 6.07) is 5.32. The zero-order chi connectivity index (χ0) is 13.8.